The van der Waals surface area contributed by atoms with E-state index in [1.165, 1.54) is 6.26 Å². The second-order valence-electron chi connectivity index (χ2n) is 5.95. The minimum Gasteiger partial charge on any atom is -0.460 e. The number of rotatable bonds is 4. The van der Waals surface area contributed by atoms with E-state index in [1.807, 2.05) is 0 Å². The number of carbonyl (C=O) groups is 1. The number of hydrogen-bond donors (Lipinski definition) is 0. The Bertz CT molecular complexity index is 451. The Morgan fingerprint density at radius 2 is 1.63 bits per heavy atom. The summed E-state index contributed by atoms with van der Waals surface area (Å²) >= 11 is 0. The Labute approximate surface area is 117 Å². The van der Waals surface area contributed by atoms with Crippen LogP contribution >= 0.6 is 0 Å². The molecule has 0 unspecified atom stereocenters. The molecule has 0 atom stereocenters. The predicted octanol–water partition coefficient (Wildman–Crippen LogP) is 4.68. The van der Waals surface area contributed by atoms with Crippen LogP contribution in [-0.2, 0) is 0 Å². The lowest BCUT2D eigenvalue weighted by atomic mass is 10.3. The molecule has 0 bridgehead atoms. The summed E-state index contributed by atoms with van der Waals surface area (Å²) in [4.78, 5) is 12.0. The molecule has 104 valence electrons. The molecule has 1 heterocycles. The molecule has 0 saturated carbocycles. The maximum absolute atomic E-state index is 12.0. The first-order valence-electron chi connectivity index (χ1n) is 6.93. The summed E-state index contributed by atoms with van der Waals surface area (Å²) in [7, 11) is -1.83. The second-order valence-corrected chi connectivity index (χ2v) is 11.5. The highest BCUT2D eigenvalue weighted by Gasteiger charge is 2.41. The molecule has 19 heavy (non-hydrogen) atoms. The van der Waals surface area contributed by atoms with Crippen molar-refractivity contribution in [3.8, 4) is 11.5 Å². The van der Waals surface area contributed by atoms with E-state index in [0.29, 0.717) is 22.4 Å². The molecule has 0 aliphatic carbocycles. The molecule has 0 spiro atoms. The lowest BCUT2D eigenvalue weighted by Crippen LogP contribution is -2.43. The van der Waals surface area contributed by atoms with Crippen molar-refractivity contribution in [1.29, 1.82) is 0 Å². The van der Waals surface area contributed by atoms with E-state index in [4.69, 9.17) is 4.42 Å². The first-order chi connectivity index (χ1) is 8.82. The van der Waals surface area contributed by atoms with Gasteiger partial charge in [0.25, 0.3) is 5.78 Å². The Morgan fingerprint density at radius 1 is 1.11 bits per heavy atom. The normalized spacial score (nSPS) is 11.8. The van der Waals surface area contributed by atoms with Crippen molar-refractivity contribution in [2.24, 2.45) is 0 Å². The zero-order valence-corrected chi connectivity index (χ0v) is 13.8. The van der Waals surface area contributed by atoms with E-state index in [0.717, 1.165) is 0 Å². The molecular weight excluding hydrogens is 252 g/mol. The van der Waals surface area contributed by atoms with E-state index in [2.05, 4.69) is 53.0 Å². The topological polar surface area (TPSA) is 30.2 Å². The highest BCUT2D eigenvalue weighted by atomic mass is 28.3. The highest BCUT2D eigenvalue weighted by molar-refractivity contribution is 6.90. The molecule has 0 radical (unpaired) electrons. The third-order valence-electron chi connectivity index (χ3n) is 4.00. The zero-order valence-electron chi connectivity index (χ0n) is 12.8. The van der Waals surface area contributed by atoms with Crippen LogP contribution < -0.4 is 0 Å². The monoisotopic (exact) mass is 276 g/mol. The van der Waals surface area contributed by atoms with Gasteiger partial charge in [-0.1, -0.05) is 41.5 Å². The maximum atomic E-state index is 12.0. The molecule has 1 aromatic rings. The maximum Gasteiger partial charge on any atom is 0.270 e. The van der Waals surface area contributed by atoms with Crippen molar-refractivity contribution >= 4 is 13.9 Å². The Balaban J connectivity index is 3.13. The van der Waals surface area contributed by atoms with Crippen LogP contribution in [-0.4, -0.2) is 13.9 Å². The number of hydrogen-bond acceptors (Lipinski definition) is 2. The van der Waals surface area contributed by atoms with Crippen molar-refractivity contribution < 1.29 is 9.21 Å². The van der Waals surface area contributed by atoms with Gasteiger partial charge in [-0.25, -0.2) is 0 Å². The number of carbonyl (C=O) groups excluding carboxylic acids is 1. The first kappa shape index (κ1) is 15.8. The van der Waals surface area contributed by atoms with Gasteiger partial charge in [-0.3, -0.25) is 4.79 Å². The van der Waals surface area contributed by atoms with E-state index < -0.39 is 8.07 Å². The average Bonchev–Trinajstić information content (AvgIpc) is 2.81. The molecule has 0 aliphatic rings. The van der Waals surface area contributed by atoms with Crippen LogP contribution in [0, 0.1) is 11.5 Å². The lowest BCUT2D eigenvalue weighted by molar-refractivity contribution is 0.103. The quantitative estimate of drug-likeness (QED) is 0.454. The van der Waals surface area contributed by atoms with Gasteiger partial charge in [0.05, 0.1) is 6.26 Å². The van der Waals surface area contributed by atoms with Gasteiger partial charge in [-0.2, -0.15) is 0 Å². The van der Waals surface area contributed by atoms with Crippen molar-refractivity contribution in [3.05, 3.63) is 24.2 Å². The summed E-state index contributed by atoms with van der Waals surface area (Å²) in [5, 5.41) is 0. The standard InChI is InChI=1S/C16H24O2Si/c1-12(2)19(13(3)4,14(5)6)11-9-15(17)16-8-7-10-18-16/h7-8,10,12-14H,1-6H3. The number of furan rings is 1. The van der Waals surface area contributed by atoms with Crippen LogP contribution in [0.15, 0.2) is 22.8 Å². The summed E-state index contributed by atoms with van der Waals surface area (Å²) in [5.74, 6) is 2.98. The third-order valence-corrected chi connectivity index (χ3v) is 10.3. The summed E-state index contributed by atoms with van der Waals surface area (Å²) in [5.41, 5.74) is 4.99. The van der Waals surface area contributed by atoms with Crippen LogP contribution in [0.5, 0.6) is 0 Å². The van der Waals surface area contributed by atoms with Crippen molar-refractivity contribution in [2.45, 2.75) is 58.2 Å². The van der Waals surface area contributed by atoms with Crippen LogP contribution in [0.1, 0.15) is 52.1 Å². The molecule has 0 saturated heterocycles. The van der Waals surface area contributed by atoms with Gasteiger partial charge in [0, 0.05) is 0 Å². The SMILES string of the molecule is CC(C)[Si](C#CC(=O)c1ccco1)(C(C)C)C(C)C. The van der Waals surface area contributed by atoms with Crippen LogP contribution in [0.2, 0.25) is 16.6 Å². The number of Topliss-reactive ketones (excluding diaryl/α,β-unsaturated/α-hetero) is 1. The van der Waals surface area contributed by atoms with Crippen molar-refractivity contribution in [1.82, 2.24) is 0 Å². The molecule has 1 aromatic heterocycles. The van der Waals surface area contributed by atoms with Crippen LogP contribution in [0.25, 0.3) is 0 Å². The Morgan fingerprint density at radius 3 is 2.00 bits per heavy atom. The van der Waals surface area contributed by atoms with Crippen LogP contribution in [0.3, 0.4) is 0 Å². The minimum atomic E-state index is -1.83. The molecule has 3 heteroatoms. The summed E-state index contributed by atoms with van der Waals surface area (Å²) in [6.45, 7) is 13.4. The molecule has 0 fully saturated rings. The molecule has 0 N–H and O–H groups in total. The summed E-state index contributed by atoms with van der Waals surface area (Å²) in [6.07, 6.45) is 1.51. The molecule has 1 rings (SSSR count). The first-order valence-corrected chi connectivity index (χ1v) is 9.16. The van der Waals surface area contributed by atoms with Gasteiger partial charge in [0.1, 0.15) is 8.07 Å². The molecule has 0 aromatic carbocycles. The van der Waals surface area contributed by atoms with E-state index in [-0.39, 0.29) is 5.78 Å². The van der Waals surface area contributed by atoms with Gasteiger partial charge < -0.3 is 4.42 Å². The van der Waals surface area contributed by atoms with Gasteiger partial charge in [-0.05, 0) is 34.7 Å². The smallest absolute Gasteiger partial charge is 0.270 e. The zero-order chi connectivity index (χ0) is 14.6. The predicted molar refractivity (Wildman–Crippen MR) is 81.9 cm³/mol. The van der Waals surface area contributed by atoms with Crippen molar-refractivity contribution in [3.63, 3.8) is 0 Å². The minimum absolute atomic E-state index is 0.205. The molecule has 0 aliphatic heterocycles. The summed E-state index contributed by atoms with van der Waals surface area (Å²) < 4.78 is 5.11. The Hall–Kier alpha value is -1.27. The van der Waals surface area contributed by atoms with Gasteiger partial charge in [0.15, 0.2) is 5.76 Å². The van der Waals surface area contributed by atoms with E-state index in [9.17, 15) is 4.79 Å². The van der Waals surface area contributed by atoms with Crippen LogP contribution in [0.4, 0.5) is 0 Å². The fraction of sp³-hybridized carbons (Fsp3) is 0.562. The molecule has 0 amide bonds. The second kappa shape index (κ2) is 6.25. The Kier molecular flexibility index (Phi) is 5.19. The van der Waals surface area contributed by atoms with Crippen molar-refractivity contribution in [2.75, 3.05) is 0 Å². The fourth-order valence-electron chi connectivity index (χ4n) is 3.07. The van der Waals surface area contributed by atoms with Gasteiger partial charge in [-0.15, -0.1) is 5.54 Å². The average molecular weight is 276 g/mol. The summed E-state index contributed by atoms with van der Waals surface area (Å²) in [6, 6.07) is 3.38. The number of ketones is 1. The fourth-order valence-corrected chi connectivity index (χ4v) is 8.26. The highest BCUT2D eigenvalue weighted by Crippen LogP contribution is 2.40. The molecular formula is C16H24O2Si. The molecule has 2 nitrogen and oxygen atoms in total. The largest absolute Gasteiger partial charge is 0.460 e. The van der Waals surface area contributed by atoms with Gasteiger partial charge in [0.2, 0.25) is 0 Å². The lowest BCUT2D eigenvalue weighted by Gasteiger charge is -2.37. The van der Waals surface area contributed by atoms with E-state index in [1.54, 1.807) is 12.1 Å². The van der Waals surface area contributed by atoms with E-state index >= 15 is 0 Å². The van der Waals surface area contributed by atoms with Gasteiger partial charge >= 0.3 is 0 Å². The third kappa shape index (κ3) is 3.19.